The average Bonchev–Trinajstić information content (AvgIpc) is 3.04. The van der Waals surface area contributed by atoms with Gasteiger partial charge in [-0.05, 0) is 52.8 Å². The topological polar surface area (TPSA) is 54.1 Å². The summed E-state index contributed by atoms with van der Waals surface area (Å²) in [4.78, 5) is 11.1. The van der Waals surface area contributed by atoms with E-state index in [2.05, 4.69) is 61.8 Å². The number of ether oxygens (including phenoxy) is 1. The van der Waals surface area contributed by atoms with E-state index < -0.39 is 0 Å². The van der Waals surface area contributed by atoms with Gasteiger partial charge in [0.25, 0.3) is 0 Å². The second kappa shape index (κ2) is 7.64. The maximum Gasteiger partial charge on any atom is 0.128 e. The quantitative estimate of drug-likeness (QED) is 0.763. The molecule has 2 N–H and O–H groups in total. The van der Waals surface area contributed by atoms with E-state index in [0.29, 0.717) is 12.4 Å². The third-order valence-electron chi connectivity index (χ3n) is 6.43. The van der Waals surface area contributed by atoms with Gasteiger partial charge in [0.15, 0.2) is 0 Å². The molecule has 4 aliphatic rings. The van der Waals surface area contributed by atoms with E-state index in [0.717, 1.165) is 44.1 Å². The van der Waals surface area contributed by atoms with Crippen molar-refractivity contribution in [3.63, 3.8) is 0 Å². The monoisotopic (exact) mass is 414 g/mol. The fourth-order valence-electron chi connectivity index (χ4n) is 4.67. The molecule has 0 aromatic rings. The molecule has 5 nitrogen and oxygen atoms in total. The lowest BCUT2D eigenvalue weighted by Crippen LogP contribution is -2.53. The van der Waals surface area contributed by atoms with Crippen LogP contribution in [0.25, 0.3) is 0 Å². The van der Waals surface area contributed by atoms with Crippen LogP contribution in [0.5, 0.6) is 0 Å². The van der Waals surface area contributed by atoms with Crippen molar-refractivity contribution < 1.29 is 4.74 Å². The zero-order valence-electron chi connectivity index (χ0n) is 18.4. The number of allylic oxidation sites excluding steroid dienone is 4. The molecule has 29 heavy (non-hydrogen) atoms. The van der Waals surface area contributed by atoms with Crippen molar-refractivity contribution in [3.8, 4) is 0 Å². The van der Waals surface area contributed by atoms with Crippen LogP contribution in [0.3, 0.4) is 0 Å². The molecule has 0 radical (unpaired) electrons. The minimum Gasteiger partial charge on any atom is -0.383 e. The molecule has 2 unspecified atom stereocenters. The predicted octanol–water partition coefficient (Wildman–Crippen LogP) is 3.52. The van der Waals surface area contributed by atoms with Crippen LogP contribution in [0.1, 0.15) is 34.6 Å². The maximum absolute atomic E-state index is 6.36. The summed E-state index contributed by atoms with van der Waals surface area (Å²) in [5.41, 5.74) is 10.1. The van der Waals surface area contributed by atoms with Crippen molar-refractivity contribution in [2.24, 2.45) is 16.6 Å². The number of hydrogen-bond acceptors (Lipinski definition) is 6. The molecule has 1 fully saturated rings. The first kappa shape index (κ1) is 20.8. The fourth-order valence-corrected chi connectivity index (χ4v) is 6.13. The SMILES string of the molecule is CCOCC1=CC2=C(N)N=C3C=CC(N4CCN(C(C)(C)C)CC4)=CC3C2(C)S1. The summed E-state index contributed by atoms with van der Waals surface area (Å²) < 4.78 is 5.55. The molecule has 3 heterocycles. The van der Waals surface area contributed by atoms with Crippen LogP contribution in [-0.2, 0) is 4.74 Å². The number of rotatable bonds is 4. The summed E-state index contributed by atoms with van der Waals surface area (Å²) in [5.74, 6) is 0.879. The molecule has 0 bridgehead atoms. The van der Waals surface area contributed by atoms with E-state index >= 15 is 0 Å². The van der Waals surface area contributed by atoms with Crippen molar-refractivity contribution in [3.05, 3.63) is 46.3 Å². The van der Waals surface area contributed by atoms with Gasteiger partial charge >= 0.3 is 0 Å². The molecule has 1 saturated heterocycles. The summed E-state index contributed by atoms with van der Waals surface area (Å²) >= 11 is 1.89. The Bertz CT molecular complexity index is 824. The van der Waals surface area contributed by atoms with Gasteiger partial charge in [0, 0.05) is 60.4 Å². The van der Waals surface area contributed by atoms with Crippen LogP contribution < -0.4 is 5.73 Å². The molecule has 6 heteroatoms. The van der Waals surface area contributed by atoms with E-state index in [-0.39, 0.29) is 16.2 Å². The number of nitrogens with two attached hydrogens (primary N) is 1. The highest BCUT2D eigenvalue weighted by Gasteiger charge is 2.47. The van der Waals surface area contributed by atoms with Gasteiger partial charge in [0.1, 0.15) is 5.82 Å². The zero-order valence-corrected chi connectivity index (χ0v) is 19.2. The lowest BCUT2D eigenvalue weighted by molar-refractivity contribution is 0.0775. The third-order valence-corrected chi connectivity index (χ3v) is 7.82. The molecular formula is C23H34N4OS. The minimum absolute atomic E-state index is 0.114. The van der Waals surface area contributed by atoms with E-state index in [1.807, 2.05) is 18.7 Å². The van der Waals surface area contributed by atoms with E-state index in [1.165, 1.54) is 10.6 Å². The number of hydrogen-bond donors (Lipinski definition) is 1. The number of piperazine rings is 1. The van der Waals surface area contributed by atoms with Crippen LogP contribution in [0.4, 0.5) is 0 Å². The van der Waals surface area contributed by atoms with E-state index in [9.17, 15) is 0 Å². The summed E-state index contributed by atoms with van der Waals surface area (Å²) in [7, 11) is 0. The number of fused-ring (bicyclic) bond motifs is 3. The lowest BCUT2D eigenvalue weighted by atomic mass is 9.78. The number of thioether (sulfide) groups is 1. The molecule has 158 valence electrons. The standard InChI is InChI=1S/C23H34N4OS/c1-6-28-15-17-14-19-21(24)25-20-8-7-16(13-18(20)23(19,5)29-17)26-9-11-27(12-10-26)22(2,3)4/h7-8,13-14,18H,6,9-12,15,24H2,1-5H3. The summed E-state index contributed by atoms with van der Waals surface area (Å²) in [6.45, 7) is 16.9. The van der Waals surface area contributed by atoms with Crippen molar-refractivity contribution in [2.45, 2.75) is 44.9 Å². The van der Waals surface area contributed by atoms with Crippen molar-refractivity contribution in [2.75, 3.05) is 39.4 Å². The molecule has 0 saturated carbocycles. The van der Waals surface area contributed by atoms with Gasteiger partial charge in [-0.2, -0.15) is 0 Å². The lowest BCUT2D eigenvalue weighted by Gasteiger charge is -2.44. The normalized spacial score (nSPS) is 30.0. The third kappa shape index (κ3) is 3.82. The van der Waals surface area contributed by atoms with Gasteiger partial charge in [-0.25, -0.2) is 4.99 Å². The molecule has 0 amide bonds. The van der Waals surface area contributed by atoms with Crippen LogP contribution in [0, 0.1) is 5.92 Å². The average molecular weight is 415 g/mol. The van der Waals surface area contributed by atoms with Gasteiger partial charge in [-0.3, -0.25) is 4.90 Å². The zero-order chi connectivity index (χ0) is 20.8. The van der Waals surface area contributed by atoms with Crippen molar-refractivity contribution in [1.29, 1.82) is 0 Å². The molecule has 0 spiro atoms. The Balaban J connectivity index is 1.54. The summed E-state index contributed by atoms with van der Waals surface area (Å²) in [5, 5.41) is 0. The van der Waals surface area contributed by atoms with E-state index in [4.69, 9.17) is 15.5 Å². The molecule has 3 aliphatic heterocycles. The fraction of sp³-hybridized carbons (Fsp3) is 0.609. The van der Waals surface area contributed by atoms with Gasteiger partial charge in [-0.15, -0.1) is 11.8 Å². The highest BCUT2D eigenvalue weighted by atomic mass is 32.2. The first-order valence-corrected chi connectivity index (χ1v) is 11.5. The molecular weight excluding hydrogens is 380 g/mol. The Morgan fingerprint density at radius 2 is 1.97 bits per heavy atom. The Morgan fingerprint density at radius 3 is 2.62 bits per heavy atom. The van der Waals surface area contributed by atoms with Crippen LogP contribution in [-0.4, -0.2) is 65.2 Å². The molecule has 0 aromatic heterocycles. The van der Waals surface area contributed by atoms with Gasteiger partial charge < -0.3 is 15.4 Å². The van der Waals surface area contributed by atoms with E-state index in [1.54, 1.807) is 0 Å². The summed E-state index contributed by atoms with van der Waals surface area (Å²) in [6.07, 6.45) is 9.01. The van der Waals surface area contributed by atoms with Crippen molar-refractivity contribution >= 4 is 17.5 Å². The van der Waals surface area contributed by atoms with Gasteiger partial charge in [0.2, 0.25) is 0 Å². The Hall–Kier alpha value is -1.50. The second-order valence-electron chi connectivity index (χ2n) is 9.34. The molecule has 2 atom stereocenters. The Morgan fingerprint density at radius 1 is 1.24 bits per heavy atom. The largest absolute Gasteiger partial charge is 0.383 e. The highest BCUT2D eigenvalue weighted by molar-refractivity contribution is 8.05. The number of nitrogens with zero attached hydrogens (tertiary/aromatic N) is 3. The number of aliphatic imine (C=N–C) groups is 1. The first-order valence-electron chi connectivity index (χ1n) is 10.7. The summed E-state index contributed by atoms with van der Waals surface area (Å²) in [6, 6.07) is 0. The molecule has 1 aliphatic carbocycles. The predicted molar refractivity (Wildman–Crippen MR) is 123 cm³/mol. The smallest absolute Gasteiger partial charge is 0.128 e. The van der Waals surface area contributed by atoms with Gasteiger partial charge in [-0.1, -0.05) is 6.08 Å². The first-order chi connectivity index (χ1) is 13.7. The Kier molecular flexibility index (Phi) is 5.47. The van der Waals surface area contributed by atoms with Crippen LogP contribution >= 0.6 is 11.8 Å². The van der Waals surface area contributed by atoms with Crippen molar-refractivity contribution in [1.82, 2.24) is 9.80 Å². The maximum atomic E-state index is 6.36. The minimum atomic E-state index is -0.114. The Labute approximate surface area is 179 Å². The van der Waals surface area contributed by atoms with Gasteiger partial charge in [0.05, 0.1) is 17.1 Å². The second-order valence-corrected chi connectivity index (χ2v) is 10.9. The molecule has 4 rings (SSSR count). The highest BCUT2D eigenvalue weighted by Crippen LogP contribution is 2.54. The van der Waals surface area contributed by atoms with Crippen LogP contribution in [0.2, 0.25) is 0 Å². The van der Waals surface area contributed by atoms with Crippen LogP contribution in [0.15, 0.2) is 51.3 Å². The molecule has 0 aromatic carbocycles.